The van der Waals surface area contributed by atoms with Gasteiger partial charge in [0.05, 0.1) is 0 Å². The lowest BCUT2D eigenvalue weighted by Gasteiger charge is -2.50. The molecule has 0 aromatic rings. The van der Waals surface area contributed by atoms with Crippen molar-refractivity contribution in [3.05, 3.63) is 0 Å². The Morgan fingerprint density at radius 3 is 2.00 bits per heavy atom. The Kier molecular flexibility index (Phi) is 1.67. The van der Waals surface area contributed by atoms with Gasteiger partial charge in [-0.25, -0.2) is 0 Å². The van der Waals surface area contributed by atoms with Crippen LogP contribution in [-0.2, 0) is 9.53 Å². The molecule has 3 rings (SSSR count). The van der Waals surface area contributed by atoms with Crippen molar-refractivity contribution < 1.29 is 9.53 Å². The summed E-state index contributed by atoms with van der Waals surface area (Å²) in [6.45, 7) is 2.99. The summed E-state index contributed by atoms with van der Waals surface area (Å²) >= 11 is 0. The highest BCUT2D eigenvalue weighted by Crippen LogP contribution is 2.53. The summed E-state index contributed by atoms with van der Waals surface area (Å²) in [6.07, 6.45) is 6.97. The lowest BCUT2D eigenvalue weighted by molar-refractivity contribution is -0.160. The van der Waals surface area contributed by atoms with Crippen molar-refractivity contribution >= 4 is 6.47 Å². The van der Waals surface area contributed by atoms with Crippen molar-refractivity contribution in [3.8, 4) is 0 Å². The van der Waals surface area contributed by atoms with Gasteiger partial charge in [0.25, 0.3) is 6.47 Å². The Bertz CT molecular complexity index is 173. The molecule has 12 heavy (non-hydrogen) atoms. The summed E-state index contributed by atoms with van der Waals surface area (Å²) in [5.74, 6) is 0. The van der Waals surface area contributed by atoms with Crippen LogP contribution in [0.3, 0.4) is 0 Å². The summed E-state index contributed by atoms with van der Waals surface area (Å²) in [5, 5.41) is 0. The SMILES string of the molecule is CC12CCC(OC=O)(CC1)CC2. The fourth-order valence-electron chi connectivity index (χ4n) is 2.62. The summed E-state index contributed by atoms with van der Waals surface area (Å²) in [7, 11) is 0. The maximum absolute atomic E-state index is 10.3. The van der Waals surface area contributed by atoms with E-state index in [1.165, 1.54) is 19.3 Å². The molecular formula is C10H16O2. The van der Waals surface area contributed by atoms with Gasteiger partial charge in [-0.15, -0.1) is 0 Å². The van der Waals surface area contributed by atoms with Crippen molar-refractivity contribution in [2.75, 3.05) is 0 Å². The average molecular weight is 168 g/mol. The number of fused-ring (bicyclic) bond motifs is 3. The van der Waals surface area contributed by atoms with E-state index < -0.39 is 0 Å². The van der Waals surface area contributed by atoms with Crippen LogP contribution in [0.15, 0.2) is 0 Å². The number of carbonyl (C=O) groups is 1. The zero-order chi connectivity index (χ0) is 8.66. The monoisotopic (exact) mass is 168 g/mol. The molecule has 0 heterocycles. The Labute approximate surface area is 73.3 Å². The van der Waals surface area contributed by atoms with Crippen molar-refractivity contribution in [1.82, 2.24) is 0 Å². The van der Waals surface area contributed by atoms with E-state index in [2.05, 4.69) is 6.92 Å². The number of hydrogen-bond acceptors (Lipinski definition) is 2. The van der Waals surface area contributed by atoms with E-state index in [0.29, 0.717) is 11.9 Å². The van der Waals surface area contributed by atoms with Crippen molar-refractivity contribution in [2.45, 2.75) is 51.0 Å². The second kappa shape index (κ2) is 2.48. The van der Waals surface area contributed by atoms with E-state index in [4.69, 9.17) is 4.74 Å². The van der Waals surface area contributed by atoms with Gasteiger partial charge >= 0.3 is 0 Å². The van der Waals surface area contributed by atoms with Crippen molar-refractivity contribution in [2.24, 2.45) is 5.41 Å². The third-order valence-corrected chi connectivity index (χ3v) is 3.85. The maximum atomic E-state index is 10.3. The number of rotatable bonds is 2. The summed E-state index contributed by atoms with van der Waals surface area (Å²) < 4.78 is 5.22. The molecule has 0 aliphatic heterocycles. The molecule has 0 atom stereocenters. The van der Waals surface area contributed by atoms with E-state index in [0.717, 1.165) is 19.3 Å². The van der Waals surface area contributed by atoms with Gasteiger partial charge < -0.3 is 4.74 Å². The first-order chi connectivity index (χ1) is 5.68. The largest absolute Gasteiger partial charge is 0.461 e. The second-order valence-corrected chi connectivity index (χ2v) is 4.71. The van der Waals surface area contributed by atoms with Crippen LogP contribution in [0.25, 0.3) is 0 Å². The lowest BCUT2D eigenvalue weighted by atomic mass is 9.59. The number of ether oxygens (including phenoxy) is 1. The van der Waals surface area contributed by atoms with E-state index in [9.17, 15) is 4.79 Å². The van der Waals surface area contributed by atoms with Gasteiger partial charge in [0.2, 0.25) is 0 Å². The normalized spacial score (nSPS) is 45.8. The molecule has 3 fully saturated rings. The second-order valence-electron chi connectivity index (χ2n) is 4.71. The van der Waals surface area contributed by atoms with E-state index >= 15 is 0 Å². The third kappa shape index (κ3) is 1.13. The molecule has 3 aliphatic carbocycles. The highest BCUT2D eigenvalue weighted by Gasteiger charge is 2.47. The molecule has 0 saturated heterocycles. The molecule has 2 nitrogen and oxygen atoms in total. The van der Waals surface area contributed by atoms with Gasteiger partial charge in [-0.05, 0) is 43.9 Å². The number of carbonyl (C=O) groups excluding carboxylic acids is 1. The Morgan fingerprint density at radius 1 is 1.08 bits per heavy atom. The molecule has 0 amide bonds. The minimum absolute atomic E-state index is 0.0560. The smallest absolute Gasteiger partial charge is 0.293 e. The highest BCUT2D eigenvalue weighted by atomic mass is 16.5. The van der Waals surface area contributed by atoms with E-state index in [-0.39, 0.29) is 5.60 Å². The third-order valence-electron chi connectivity index (χ3n) is 3.85. The quantitative estimate of drug-likeness (QED) is 0.591. The fraction of sp³-hybridized carbons (Fsp3) is 0.900. The average Bonchev–Trinajstić information content (AvgIpc) is 2.08. The molecule has 68 valence electrons. The first kappa shape index (κ1) is 8.09. The molecule has 3 aliphatic rings. The molecule has 2 bridgehead atoms. The Balaban J connectivity index is 2.08. The molecular weight excluding hydrogens is 152 g/mol. The van der Waals surface area contributed by atoms with Crippen molar-refractivity contribution in [3.63, 3.8) is 0 Å². The topological polar surface area (TPSA) is 26.3 Å². The first-order valence-electron chi connectivity index (χ1n) is 4.80. The highest BCUT2D eigenvalue weighted by molar-refractivity contribution is 5.38. The minimum Gasteiger partial charge on any atom is -0.461 e. The Morgan fingerprint density at radius 2 is 1.58 bits per heavy atom. The summed E-state index contributed by atoms with van der Waals surface area (Å²) in [4.78, 5) is 10.3. The molecule has 0 radical (unpaired) electrons. The zero-order valence-electron chi connectivity index (χ0n) is 7.64. The maximum Gasteiger partial charge on any atom is 0.293 e. The van der Waals surface area contributed by atoms with Gasteiger partial charge in [-0.1, -0.05) is 6.92 Å². The molecule has 0 spiro atoms. The first-order valence-corrected chi connectivity index (χ1v) is 4.80. The molecule has 0 aromatic carbocycles. The van der Waals surface area contributed by atoms with Gasteiger partial charge in [0.1, 0.15) is 5.60 Å². The fourth-order valence-corrected chi connectivity index (χ4v) is 2.62. The summed E-state index contributed by atoms with van der Waals surface area (Å²) in [6, 6.07) is 0. The van der Waals surface area contributed by atoms with Crippen LogP contribution in [-0.4, -0.2) is 12.1 Å². The van der Waals surface area contributed by atoms with Crippen LogP contribution in [0.1, 0.15) is 45.4 Å². The van der Waals surface area contributed by atoms with E-state index in [1.807, 2.05) is 0 Å². The van der Waals surface area contributed by atoms with Gasteiger partial charge in [0.15, 0.2) is 0 Å². The van der Waals surface area contributed by atoms with Crippen LogP contribution < -0.4 is 0 Å². The predicted molar refractivity (Wildman–Crippen MR) is 45.7 cm³/mol. The van der Waals surface area contributed by atoms with Crippen LogP contribution in [0.2, 0.25) is 0 Å². The molecule has 3 saturated carbocycles. The molecule has 0 unspecified atom stereocenters. The molecule has 2 heteroatoms. The van der Waals surface area contributed by atoms with Gasteiger partial charge in [-0.2, -0.15) is 0 Å². The van der Waals surface area contributed by atoms with Crippen LogP contribution in [0, 0.1) is 5.41 Å². The minimum atomic E-state index is -0.0560. The van der Waals surface area contributed by atoms with Crippen LogP contribution in [0.4, 0.5) is 0 Å². The van der Waals surface area contributed by atoms with Crippen LogP contribution in [0.5, 0.6) is 0 Å². The van der Waals surface area contributed by atoms with E-state index in [1.54, 1.807) is 0 Å². The van der Waals surface area contributed by atoms with Gasteiger partial charge in [-0.3, -0.25) is 4.79 Å². The lowest BCUT2D eigenvalue weighted by Crippen LogP contribution is -2.46. The Hall–Kier alpha value is -0.530. The standard InChI is InChI=1S/C10H16O2/c1-9-2-5-10(6-3-9,7-4-9)12-8-11/h8H,2-7H2,1H3. The summed E-state index contributed by atoms with van der Waals surface area (Å²) in [5.41, 5.74) is 0.507. The zero-order valence-corrected chi connectivity index (χ0v) is 7.64. The molecule has 0 aromatic heterocycles. The predicted octanol–water partition coefficient (Wildman–Crippen LogP) is 2.27. The molecule has 0 N–H and O–H groups in total. The van der Waals surface area contributed by atoms with Gasteiger partial charge in [0, 0.05) is 0 Å². The van der Waals surface area contributed by atoms with Crippen LogP contribution >= 0.6 is 0 Å². The number of hydrogen-bond donors (Lipinski definition) is 0. The van der Waals surface area contributed by atoms with Crippen molar-refractivity contribution in [1.29, 1.82) is 0 Å².